The summed E-state index contributed by atoms with van der Waals surface area (Å²) in [5.41, 5.74) is 0. The van der Waals surface area contributed by atoms with Gasteiger partial charge >= 0.3 is 0 Å². The van der Waals surface area contributed by atoms with Crippen molar-refractivity contribution < 1.29 is 9.15 Å². The minimum atomic E-state index is 0.731. The Hall–Kier alpha value is -1.06. The minimum absolute atomic E-state index is 0.731. The Kier molecular flexibility index (Phi) is 6.61. The van der Waals surface area contributed by atoms with Gasteiger partial charge in [0.25, 0.3) is 0 Å². The maximum Gasteiger partial charge on any atom is 0.117 e. The van der Waals surface area contributed by atoms with Crippen LogP contribution in [0.5, 0.6) is 0 Å². The van der Waals surface area contributed by atoms with Gasteiger partial charge in [0.15, 0.2) is 0 Å². The lowest BCUT2D eigenvalue weighted by Crippen LogP contribution is -2.19. The topological polar surface area (TPSA) is 34.4 Å². The second-order valence-electron chi connectivity index (χ2n) is 3.59. The smallest absolute Gasteiger partial charge is 0.117 e. The Bertz CT molecular complexity index is 294. The molecule has 0 aliphatic rings. The van der Waals surface area contributed by atoms with Gasteiger partial charge in [0.05, 0.1) is 19.8 Å². The zero-order chi connectivity index (χ0) is 11.6. The highest BCUT2D eigenvalue weighted by molar-refractivity contribution is 5.06. The van der Waals surface area contributed by atoms with E-state index in [0.29, 0.717) is 0 Å². The van der Waals surface area contributed by atoms with Crippen LogP contribution in [-0.4, -0.2) is 19.8 Å². The lowest BCUT2D eigenvalue weighted by molar-refractivity contribution is 0.140. The zero-order valence-corrected chi connectivity index (χ0v) is 10.00. The summed E-state index contributed by atoms with van der Waals surface area (Å²) < 4.78 is 10.9. The van der Waals surface area contributed by atoms with Crippen molar-refractivity contribution in [2.75, 3.05) is 19.8 Å². The molecule has 1 aromatic heterocycles. The first kappa shape index (κ1) is 13.0. The summed E-state index contributed by atoms with van der Waals surface area (Å²) in [6.45, 7) is 8.83. The molecule has 0 radical (unpaired) electrons. The summed E-state index contributed by atoms with van der Waals surface area (Å²) in [6.07, 6.45) is 3.73. The average Bonchev–Trinajstić information content (AvgIpc) is 2.76. The van der Waals surface area contributed by atoms with Crippen molar-refractivity contribution in [2.45, 2.75) is 26.3 Å². The Morgan fingerprint density at radius 2 is 2.19 bits per heavy atom. The summed E-state index contributed by atoms with van der Waals surface area (Å²) in [7, 11) is 0. The minimum Gasteiger partial charge on any atom is -0.465 e. The highest BCUT2D eigenvalue weighted by Gasteiger charge is 1.98. The van der Waals surface area contributed by atoms with Gasteiger partial charge in [-0.05, 0) is 18.6 Å². The molecule has 0 aliphatic carbocycles. The van der Waals surface area contributed by atoms with E-state index in [1.54, 1.807) is 0 Å². The van der Waals surface area contributed by atoms with Gasteiger partial charge < -0.3 is 14.5 Å². The molecule has 1 N–H and O–H groups in total. The number of aryl methyl sites for hydroxylation is 1. The van der Waals surface area contributed by atoms with Crippen molar-refractivity contribution >= 4 is 0 Å². The Morgan fingerprint density at radius 3 is 2.88 bits per heavy atom. The van der Waals surface area contributed by atoms with Crippen molar-refractivity contribution in [3.63, 3.8) is 0 Å². The highest BCUT2D eigenvalue weighted by atomic mass is 16.5. The van der Waals surface area contributed by atoms with Crippen LogP contribution in [0.1, 0.15) is 24.9 Å². The fraction of sp³-hybridized carbons (Fsp3) is 0.538. The molecule has 3 nitrogen and oxygen atoms in total. The number of ether oxygens (including phenoxy) is 1. The fourth-order valence-electron chi connectivity index (χ4n) is 1.33. The monoisotopic (exact) mass is 223 g/mol. The van der Waals surface area contributed by atoms with Crippen LogP contribution in [0.15, 0.2) is 29.2 Å². The summed E-state index contributed by atoms with van der Waals surface area (Å²) in [5.74, 6) is 2.03. The second kappa shape index (κ2) is 8.13. The van der Waals surface area contributed by atoms with E-state index < -0.39 is 0 Å². The van der Waals surface area contributed by atoms with Crippen LogP contribution < -0.4 is 5.32 Å². The molecular weight excluding hydrogens is 202 g/mol. The largest absolute Gasteiger partial charge is 0.465 e. The van der Waals surface area contributed by atoms with E-state index in [1.807, 2.05) is 18.2 Å². The van der Waals surface area contributed by atoms with Crippen LogP contribution in [0.2, 0.25) is 0 Å². The maximum absolute atomic E-state index is 5.56. The number of nitrogens with one attached hydrogen (secondary N) is 1. The van der Waals surface area contributed by atoms with Crippen LogP contribution in [-0.2, 0) is 17.7 Å². The van der Waals surface area contributed by atoms with Gasteiger partial charge in [-0.15, -0.1) is 6.58 Å². The van der Waals surface area contributed by atoms with Gasteiger partial charge in [-0.2, -0.15) is 0 Å². The molecule has 0 aliphatic heterocycles. The first-order valence-electron chi connectivity index (χ1n) is 5.83. The lowest BCUT2D eigenvalue weighted by atomic mass is 10.3. The van der Waals surface area contributed by atoms with Gasteiger partial charge in [0.1, 0.15) is 11.5 Å². The Labute approximate surface area is 97.5 Å². The molecule has 0 unspecified atom stereocenters. The van der Waals surface area contributed by atoms with E-state index in [9.17, 15) is 0 Å². The molecule has 90 valence electrons. The molecule has 0 fully saturated rings. The van der Waals surface area contributed by atoms with Crippen molar-refractivity contribution in [1.82, 2.24) is 5.32 Å². The molecule has 0 spiro atoms. The maximum atomic E-state index is 5.56. The van der Waals surface area contributed by atoms with Crippen molar-refractivity contribution in [1.29, 1.82) is 0 Å². The molecule has 1 aromatic rings. The summed E-state index contributed by atoms with van der Waals surface area (Å²) in [6, 6.07) is 4.04. The number of hydrogen-bond acceptors (Lipinski definition) is 3. The first-order valence-corrected chi connectivity index (χ1v) is 5.83. The molecule has 0 saturated carbocycles. The van der Waals surface area contributed by atoms with Crippen LogP contribution in [0.4, 0.5) is 0 Å². The SMILES string of the molecule is C=CCCOCCNCc1ccc(CC)o1. The second-order valence-corrected chi connectivity index (χ2v) is 3.59. The van der Waals surface area contributed by atoms with Gasteiger partial charge in [-0.25, -0.2) is 0 Å². The molecule has 1 heterocycles. The third-order valence-corrected chi connectivity index (χ3v) is 2.25. The van der Waals surface area contributed by atoms with Crippen molar-refractivity contribution in [3.05, 3.63) is 36.3 Å². The number of hydrogen-bond donors (Lipinski definition) is 1. The van der Waals surface area contributed by atoms with Gasteiger partial charge in [-0.3, -0.25) is 0 Å². The summed E-state index contributed by atoms with van der Waals surface area (Å²) in [4.78, 5) is 0. The molecule has 0 atom stereocenters. The normalized spacial score (nSPS) is 10.6. The zero-order valence-electron chi connectivity index (χ0n) is 10.00. The number of furan rings is 1. The van der Waals surface area contributed by atoms with E-state index in [0.717, 1.165) is 50.7 Å². The quantitative estimate of drug-likeness (QED) is 0.516. The Balaban J connectivity index is 2.00. The molecule has 3 heteroatoms. The predicted octanol–water partition coefficient (Wildman–Crippen LogP) is 2.52. The highest BCUT2D eigenvalue weighted by Crippen LogP contribution is 2.07. The van der Waals surface area contributed by atoms with Crippen LogP contribution >= 0.6 is 0 Å². The van der Waals surface area contributed by atoms with Crippen LogP contribution in [0.25, 0.3) is 0 Å². The van der Waals surface area contributed by atoms with Gasteiger partial charge in [-0.1, -0.05) is 13.0 Å². The van der Waals surface area contributed by atoms with Crippen molar-refractivity contribution in [3.8, 4) is 0 Å². The molecule has 0 saturated heterocycles. The predicted molar refractivity (Wildman–Crippen MR) is 65.4 cm³/mol. The van der Waals surface area contributed by atoms with E-state index >= 15 is 0 Å². The van der Waals surface area contributed by atoms with Crippen LogP contribution in [0.3, 0.4) is 0 Å². The summed E-state index contributed by atoms with van der Waals surface area (Å²) >= 11 is 0. The Morgan fingerprint density at radius 1 is 1.38 bits per heavy atom. The molecule has 1 rings (SSSR count). The number of rotatable bonds is 9. The standard InChI is InChI=1S/C13H21NO2/c1-3-5-9-15-10-8-14-11-13-7-6-12(4-2)16-13/h3,6-7,14H,1,4-5,8-11H2,2H3. The third-order valence-electron chi connectivity index (χ3n) is 2.25. The van der Waals surface area contributed by atoms with E-state index in [2.05, 4.69) is 18.8 Å². The molecule has 0 amide bonds. The molecule has 0 bridgehead atoms. The molecule has 16 heavy (non-hydrogen) atoms. The van der Waals surface area contributed by atoms with E-state index in [4.69, 9.17) is 9.15 Å². The average molecular weight is 223 g/mol. The van der Waals surface area contributed by atoms with Crippen LogP contribution in [0, 0.1) is 0 Å². The van der Waals surface area contributed by atoms with Crippen molar-refractivity contribution in [2.24, 2.45) is 0 Å². The lowest BCUT2D eigenvalue weighted by Gasteiger charge is -2.03. The molecular formula is C13H21NO2. The third kappa shape index (κ3) is 5.14. The van der Waals surface area contributed by atoms with Gasteiger partial charge in [0, 0.05) is 13.0 Å². The molecule has 0 aromatic carbocycles. The van der Waals surface area contributed by atoms with E-state index in [1.165, 1.54) is 0 Å². The summed E-state index contributed by atoms with van der Waals surface area (Å²) in [5, 5.41) is 3.27. The fourth-order valence-corrected chi connectivity index (χ4v) is 1.33. The van der Waals surface area contributed by atoms with Gasteiger partial charge in [0.2, 0.25) is 0 Å². The van der Waals surface area contributed by atoms with E-state index in [-0.39, 0.29) is 0 Å². The first-order chi connectivity index (χ1) is 7.86.